The molecule has 1 aromatic heterocycles. The summed E-state index contributed by atoms with van der Waals surface area (Å²) < 4.78 is 1.66. The van der Waals surface area contributed by atoms with Gasteiger partial charge in [-0.2, -0.15) is 5.10 Å². The summed E-state index contributed by atoms with van der Waals surface area (Å²) in [4.78, 5) is 0. The fourth-order valence-electron chi connectivity index (χ4n) is 2.20. The summed E-state index contributed by atoms with van der Waals surface area (Å²) in [5.74, 6) is 0. The molecule has 0 amide bonds. The Morgan fingerprint density at radius 2 is 2.05 bits per heavy atom. The SMILES string of the molecule is Cc1nn(C)c(Cl)c1CNCC(O)Cc1ccccc1. The molecule has 1 heterocycles. The van der Waals surface area contributed by atoms with E-state index in [2.05, 4.69) is 10.4 Å². The minimum Gasteiger partial charge on any atom is -0.391 e. The maximum Gasteiger partial charge on any atom is 0.131 e. The standard InChI is InChI=1S/C15H20ClN3O/c1-11-14(15(16)19(2)18-11)10-17-9-13(20)8-12-6-4-3-5-7-12/h3-7,13,17,20H,8-10H2,1-2H3. The maximum absolute atomic E-state index is 10.0. The minimum absolute atomic E-state index is 0.409. The van der Waals surface area contributed by atoms with Gasteiger partial charge >= 0.3 is 0 Å². The van der Waals surface area contributed by atoms with Crippen LogP contribution in [0.3, 0.4) is 0 Å². The van der Waals surface area contributed by atoms with E-state index in [1.54, 1.807) is 4.68 Å². The summed E-state index contributed by atoms with van der Waals surface area (Å²) in [5.41, 5.74) is 3.04. The van der Waals surface area contributed by atoms with Crippen LogP contribution < -0.4 is 5.32 Å². The van der Waals surface area contributed by atoms with Gasteiger partial charge in [0.05, 0.1) is 11.8 Å². The van der Waals surface area contributed by atoms with E-state index >= 15 is 0 Å². The lowest BCUT2D eigenvalue weighted by Crippen LogP contribution is -2.28. The predicted molar refractivity (Wildman–Crippen MR) is 80.8 cm³/mol. The van der Waals surface area contributed by atoms with Gasteiger partial charge in [-0.3, -0.25) is 4.68 Å². The van der Waals surface area contributed by atoms with Crippen molar-refractivity contribution in [2.24, 2.45) is 7.05 Å². The zero-order chi connectivity index (χ0) is 14.5. The number of rotatable bonds is 6. The third kappa shape index (κ3) is 3.82. The van der Waals surface area contributed by atoms with E-state index in [1.165, 1.54) is 0 Å². The van der Waals surface area contributed by atoms with Crippen molar-refractivity contribution < 1.29 is 5.11 Å². The second-order valence-electron chi connectivity index (χ2n) is 4.95. The average Bonchev–Trinajstić information content (AvgIpc) is 2.66. The topological polar surface area (TPSA) is 50.1 Å². The van der Waals surface area contributed by atoms with Crippen molar-refractivity contribution in [1.82, 2.24) is 15.1 Å². The fourth-order valence-corrected chi connectivity index (χ4v) is 2.44. The zero-order valence-electron chi connectivity index (χ0n) is 11.8. The van der Waals surface area contributed by atoms with Gasteiger partial charge in [0, 0.05) is 25.7 Å². The Labute approximate surface area is 124 Å². The Hall–Kier alpha value is -1.36. The van der Waals surface area contributed by atoms with Crippen LogP contribution in [0, 0.1) is 6.92 Å². The molecule has 1 aromatic carbocycles. The molecule has 0 aliphatic carbocycles. The van der Waals surface area contributed by atoms with Crippen LogP contribution in [0.4, 0.5) is 0 Å². The molecule has 0 radical (unpaired) electrons. The molecule has 5 heteroatoms. The second-order valence-corrected chi connectivity index (χ2v) is 5.31. The van der Waals surface area contributed by atoms with Gasteiger partial charge in [0.15, 0.2) is 0 Å². The number of hydrogen-bond acceptors (Lipinski definition) is 3. The number of aliphatic hydroxyl groups excluding tert-OH is 1. The van der Waals surface area contributed by atoms with Gasteiger partial charge in [-0.05, 0) is 18.9 Å². The molecule has 0 saturated heterocycles. The number of nitrogens with zero attached hydrogens (tertiary/aromatic N) is 2. The average molecular weight is 294 g/mol. The molecule has 1 atom stereocenters. The molecular formula is C15H20ClN3O. The molecule has 0 aliphatic heterocycles. The number of hydrogen-bond donors (Lipinski definition) is 2. The van der Waals surface area contributed by atoms with E-state index in [9.17, 15) is 5.11 Å². The van der Waals surface area contributed by atoms with Crippen molar-refractivity contribution in [2.45, 2.75) is 26.0 Å². The molecule has 0 aliphatic rings. The molecular weight excluding hydrogens is 274 g/mol. The molecule has 0 bridgehead atoms. The summed E-state index contributed by atoms with van der Waals surface area (Å²) in [6, 6.07) is 9.97. The van der Waals surface area contributed by atoms with Crippen LogP contribution in [0.2, 0.25) is 5.15 Å². The van der Waals surface area contributed by atoms with E-state index in [1.807, 2.05) is 44.3 Å². The molecule has 0 spiro atoms. The first-order valence-electron chi connectivity index (χ1n) is 6.68. The lowest BCUT2D eigenvalue weighted by atomic mass is 10.1. The minimum atomic E-state index is -0.409. The summed E-state index contributed by atoms with van der Waals surface area (Å²) in [7, 11) is 1.82. The van der Waals surface area contributed by atoms with E-state index in [0.29, 0.717) is 24.7 Å². The van der Waals surface area contributed by atoms with Crippen molar-refractivity contribution in [1.29, 1.82) is 0 Å². The van der Waals surface area contributed by atoms with Crippen molar-refractivity contribution >= 4 is 11.6 Å². The molecule has 2 aromatic rings. The highest BCUT2D eigenvalue weighted by Crippen LogP contribution is 2.18. The Morgan fingerprint density at radius 3 is 2.65 bits per heavy atom. The highest BCUT2D eigenvalue weighted by atomic mass is 35.5. The largest absolute Gasteiger partial charge is 0.391 e. The van der Waals surface area contributed by atoms with Crippen LogP contribution in [0.1, 0.15) is 16.8 Å². The lowest BCUT2D eigenvalue weighted by molar-refractivity contribution is 0.171. The normalized spacial score (nSPS) is 12.6. The number of halogens is 1. The Balaban J connectivity index is 1.81. The first-order chi connectivity index (χ1) is 9.58. The Kier molecular flexibility index (Phi) is 5.17. The molecule has 2 rings (SSSR count). The third-order valence-electron chi connectivity index (χ3n) is 3.27. The van der Waals surface area contributed by atoms with Crippen LogP contribution in [0.5, 0.6) is 0 Å². The van der Waals surface area contributed by atoms with Crippen molar-refractivity contribution in [3.05, 3.63) is 52.3 Å². The fraction of sp³-hybridized carbons (Fsp3) is 0.400. The van der Waals surface area contributed by atoms with Crippen molar-refractivity contribution in [3.63, 3.8) is 0 Å². The first kappa shape index (κ1) is 15.0. The molecule has 4 nitrogen and oxygen atoms in total. The number of aryl methyl sites for hydroxylation is 2. The molecule has 2 N–H and O–H groups in total. The van der Waals surface area contributed by atoms with Gasteiger partial charge in [0.25, 0.3) is 0 Å². The Morgan fingerprint density at radius 1 is 1.35 bits per heavy atom. The van der Waals surface area contributed by atoms with Gasteiger partial charge in [0.2, 0.25) is 0 Å². The van der Waals surface area contributed by atoms with Crippen LogP contribution in [-0.2, 0) is 20.0 Å². The lowest BCUT2D eigenvalue weighted by Gasteiger charge is -2.12. The number of aliphatic hydroxyl groups is 1. The molecule has 20 heavy (non-hydrogen) atoms. The summed E-state index contributed by atoms with van der Waals surface area (Å²) in [6.07, 6.45) is 0.237. The van der Waals surface area contributed by atoms with Crippen LogP contribution in [-0.4, -0.2) is 27.5 Å². The van der Waals surface area contributed by atoms with Gasteiger partial charge < -0.3 is 10.4 Å². The number of nitrogens with one attached hydrogen (secondary N) is 1. The summed E-state index contributed by atoms with van der Waals surface area (Å²) in [5, 5.41) is 18.1. The zero-order valence-corrected chi connectivity index (χ0v) is 12.6. The molecule has 0 fully saturated rings. The van der Waals surface area contributed by atoms with Crippen LogP contribution in [0.25, 0.3) is 0 Å². The maximum atomic E-state index is 10.0. The van der Waals surface area contributed by atoms with E-state index < -0.39 is 6.10 Å². The van der Waals surface area contributed by atoms with E-state index in [4.69, 9.17) is 11.6 Å². The Bertz CT molecular complexity index is 554. The highest BCUT2D eigenvalue weighted by molar-refractivity contribution is 6.30. The quantitative estimate of drug-likeness (QED) is 0.857. The second kappa shape index (κ2) is 6.88. The molecule has 1 unspecified atom stereocenters. The smallest absolute Gasteiger partial charge is 0.131 e. The molecule has 108 valence electrons. The first-order valence-corrected chi connectivity index (χ1v) is 7.06. The van der Waals surface area contributed by atoms with Crippen LogP contribution >= 0.6 is 11.6 Å². The van der Waals surface area contributed by atoms with Crippen molar-refractivity contribution in [2.75, 3.05) is 6.54 Å². The highest BCUT2D eigenvalue weighted by Gasteiger charge is 2.11. The third-order valence-corrected chi connectivity index (χ3v) is 3.74. The van der Waals surface area contributed by atoms with Gasteiger partial charge in [-0.1, -0.05) is 41.9 Å². The monoisotopic (exact) mass is 293 g/mol. The van der Waals surface area contributed by atoms with Crippen molar-refractivity contribution in [3.8, 4) is 0 Å². The number of aromatic nitrogens is 2. The van der Waals surface area contributed by atoms with Crippen LogP contribution in [0.15, 0.2) is 30.3 Å². The predicted octanol–water partition coefficient (Wildman–Crippen LogP) is 2.08. The van der Waals surface area contributed by atoms with E-state index in [0.717, 1.165) is 16.8 Å². The van der Waals surface area contributed by atoms with Gasteiger partial charge in [0.1, 0.15) is 5.15 Å². The number of benzene rings is 1. The summed E-state index contributed by atoms with van der Waals surface area (Å²) in [6.45, 7) is 3.08. The van der Waals surface area contributed by atoms with Gasteiger partial charge in [-0.15, -0.1) is 0 Å². The molecule has 0 saturated carbocycles. The van der Waals surface area contributed by atoms with E-state index in [-0.39, 0.29) is 0 Å². The van der Waals surface area contributed by atoms with Gasteiger partial charge in [-0.25, -0.2) is 0 Å². The summed E-state index contributed by atoms with van der Waals surface area (Å²) >= 11 is 6.16.